The lowest BCUT2D eigenvalue weighted by molar-refractivity contribution is -0.135. The zero-order chi connectivity index (χ0) is 11.3. The van der Waals surface area contributed by atoms with Crippen molar-refractivity contribution < 1.29 is 14.3 Å². The molecule has 0 unspecified atom stereocenters. The summed E-state index contributed by atoms with van der Waals surface area (Å²) in [7, 11) is 0. The van der Waals surface area contributed by atoms with E-state index in [-0.39, 0.29) is 5.82 Å². The molecule has 0 amide bonds. The Bertz CT molecular complexity index is 398. The first kappa shape index (κ1) is 11.0. The lowest BCUT2D eigenvalue weighted by atomic mass is 10.2. The molecular weight excluding hydrogens is 199 g/mol. The summed E-state index contributed by atoms with van der Waals surface area (Å²) < 4.78 is 12.5. The summed E-state index contributed by atoms with van der Waals surface area (Å²) in [6.07, 6.45) is 0. The Kier molecular flexibility index (Phi) is 3.68. The number of hydrogen-bond acceptors (Lipinski definition) is 3. The van der Waals surface area contributed by atoms with Crippen LogP contribution in [0.4, 0.5) is 4.39 Å². The largest absolute Gasteiger partial charge is 0.480 e. The van der Waals surface area contributed by atoms with Crippen LogP contribution in [0, 0.1) is 5.82 Å². The highest BCUT2D eigenvalue weighted by Gasteiger charge is 1.98. The minimum Gasteiger partial charge on any atom is -0.480 e. The van der Waals surface area contributed by atoms with Gasteiger partial charge in [-0.2, -0.15) is 10.2 Å². The average molecular weight is 208 g/mol. The number of azo groups is 1. The number of carboxylic acids is 1. The van der Waals surface area contributed by atoms with Gasteiger partial charge in [0.05, 0.1) is 5.70 Å². The van der Waals surface area contributed by atoms with Gasteiger partial charge in [0.15, 0.2) is 6.54 Å². The summed E-state index contributed by atoms with van der Waals surface area (Å²) >= 11 is 0. The summed E-state index contributed by atoms with van der Waals surface area (Å²) in [6.45, 7) is 3.17. The molecule has 15 heavy (non-hydrogen) atoms. The molecule has 78 valence electrons. The highest BCUT2D eigenvalue weighted by atomic mass is 19.1. The maximum absolute atomic E-state index is 12.5. The first-order chi connectivity index (χ1) is 7.09. The minimum atomic E-state index is -1.06. The number of benzene rings is 1. The fourth-order valence-electron chi connectivity index (χ4n) is 0.881. The Labute approximate surface area is 85.8 Å². The maximum Gasteiger partial charge on any atom is 0.327 e. The van der Waals surface area contributed by atoms with Crippen molar-refractivity contribution in [3.8, 4) is 0 Å². The third-order valence-corrected chi connectivity index (χ3v) is 1.57. The van der Waals surface area contributed by atoms with Crippen LogP contribution in [0.2, 0.25) is 0 Å². The van der Waals surface area contributed by atoms with Gasteiger partial charge in [-0.25, -0.2) is 4.39 Å². The summed E-state index contributed by atoms with van der Waals surface area (Å²) in [6, 6.07) is 5.54. The van der Waals surface area contributed by atoms with E-state index in [2.05, 4.69) is 16.8 Å². The molecule has 1 N–H and O–H groups in total. The average Bonchev–Trinajstić information content (AvgIpc) is 2.18. The molecule has 0 aromatic heterocycles. The van der Waals surface area contributed by atoms with Gasteiger partial charge in [0, 0.05) is 5.56 Å². The Morgan fingerprint density at radius 1 is 1.40 bits per heavy atom. The van der Waals surface area contributed by atoms with Gasteiger partial charge in [-0.15, -0.1) is 0 Å². The van der Waals surface area contributed by atoms with Crippen LogP contribution in [0.1, 0.15) is 5.56 Å². The molecule has 0 saturated heterocycles. The SMILES string of the molecule is C=C(N=NCC(=O)O)c1ccc(F)cc1. The van der Waals surface area contributed by atoms with Crippen LogP contribution in [0.15, 0.2) is 41.1 Å². The number of carboxylic acid groups (broad SMARTS) is 1. The van der Waals surface area contributed by atoms with E-state index in [1.807, 2.05) is 0 Å². The van der Waals surface area contributed by atoms with Crippen molar-refractivity contribution in [2.24, 2.45) is 10.2 Å². The van der Waals surface area contributed by atoms with Crippen molar-refractivity contribution in [1.29, 1.82) is 0 Å². The molecule has 0 aliphatic rings. The van der Waals surface area contributed by atoms with Crippen molar-refractivity contribution >= 4 is 11.7 Å². The highest BCUT2D eigenvalue weighted by molar-refractivity contribution is 5.69. The van der Waals surface area contributed by atoms with Gasteiger partial charge in [0.2, 0.25) is 0 Å². The van der Waals surface area contributed by atoms with Gasteiger partial charge in [-0.1, -0.05) is 6.58 Å². The van der Waals surface area contributed by atoms with E-state index in [1.54, 1.807) is 0 Å². The predicted octanol–water partition coefficient (Wildman–Crippen LogP) is 2.33. The number of nitrogens with zero attached hydrogens (tertiary/aromatic N) is 2. The molecule has 0 atom stereocenters. The summed E-state index contributed by atoms with van der Waals surface area (Å²) in [5.41, 5.74) is 0.904. The number of hydrogen-bond donors (Lipinski definition) is 1. The second-order valence-electron chi connectivity index (χ2n) is 2.75. The van der Waals surface area contributed by atoms with Crippen LogP contribution < -0.4 is 0 Å². The van der Waals surface area contributed by atoms with Crippen LogP contribution in [0.3, 0.4) is 0 Å². The Hall–Kier alpha value is -2.04. The molecule has 0 saturated carbocycles. The smallest absolute Gasteiger partial charge is 0.327 e. The molecule has 0 bridgehead atoms. The molecule has 1 aromatic carbocycles. The van der Waals surface area contributed by atoms with Crippen LogP contribution in [-0.4, -0.2) is 17.6 Å². The van der Waals surface area contributed by atoms with E-state index in [0.717, 1.165) is 0 Å². The van der Waals surface area contributed by atoms with E-state index in [1.165, 1.54) is 24.3 Å². The number of aliphatic carboxylic acids is 1. The van der Waals surface area contributed by atoms with Gasteiger partial charge in [0.1, 0.15) is 5.82 Å². The van der Waals surface area contributed by atoms with Gasteiger partial charge >= 0.3 is 5.97 Å². The third kappa shape index (κ3) is 3.68. The van der Waals surface area contributed by atoms with Crippen molar-refractivity contribution in [1.82, 2.24) is 0 Å². The lowest BCUT2D eigenvalue weighted by Crippen LogP contribution is -1.97. The molecule has 0 aliphatic heterocycles. The third-order valence-electron chi connectivity index (χ3n) is 1.57. The molecular formula is C10H9FN2O2. The van der Waals surface area contributed by atoms with E-state index in [0.29, 0.717) is 11.3 Å². The molecule has 0 aliphatic carbocycles. The molecule has 0 heterocycles. The first-order valence-corrected chi connectivity index (χ1v) is 4.14. The Balaban J connectivity index is 2.65. The van der Waals surface area contributed by atoms with Crippen molar-refractivity contribution in [2.75, 3.05) is 6.54 Å². The zero-order valence-electron chi connectivity index (χ0n) is 7.85. The fourth-order valence-corrected chi connectivity index (χ4v) is 0.881. The fraction of sp³-hybridized carbons (Fsp3) is 0.100. The van der Waals surface area contributed by atoms with Gasteiger partial charge in [-0.05, 0) is 24.3 Å². The van der Waals surface area contributed by atoms with Crippen LogP contribution in [0.5, 0.6) is 0 Å². The molecule has 4 nitrogen and oxygen atoms in total. The first-order valence-electron chi connectivity index (χ1n) is 4.14. The second-order valence-corrected chi connectivity index (χ2v) is 2.75. The Morgan fingerprint density at radius 2 is 2.00 bits per heavy atom. The van der Waals surface area contributed by atoms with Crippen LogP contribution in [0.25, 0.3) is 5.70 Å². The zero-order valence-corrected chi connectivity index (χ0v) is 7.85. The monoisotopic (exact) mass is 208 g/mol. The van der Waals surface area contributed by atoms with E-state index >= 15 is 0 Å². The molecule has 1 aromatic rings. The summed E-state index contributed by atoms with van der Waals surface area (Å²) in [5.74, 6) is -1.42. The molecule has 0 spiro atoms. The summed E-state index contributed by atoms with van der Waals surface area (Å²) in [4.78, 5) is 10.1. The van der Waals surface area contributed by atoms with E-state index in [4.69, 9.17) is 5.11 Å². The molecule has 0 radical (unpaired) electrons. The quantitative estimate of drug-likeness (QED) is 0.772. The van der Waals surface area contributed by atoms with Gasteiger partial charge in [0.25, 0.3) is 0 Å². The topological polar surface area (TPSA) is 62.0 Å². The van der Waals surface area contributed by atoms with Crippen molar-refractivity contribution in [2.45, 2.75) is 0 Å². The van der Waals surface area contributed by atoms with Gasteiger partial charge in [-0.3, -0.25) is 4.79 Å². The predicted molar refractivity (Wildman–Crippen MR) is 52.8 cm³/mol. The minimum absolute atomic E-state index is 0.302. The van der Waals surface area contributed by atoms with Crippen molar-refractivity contribution in [3.63, 3.8) is 0 Å². The standard InChI is InChI=1S/C10H9FN2O2/c1-7(13-12-6-10(14)15)8-2-4-9(11)5-3-8/h2-5H,1,6H2,(H,14,15). The highest BCUT2D eigenvalue weighted by Crippen LogP contribution is 2.14. The van der Waals surface area contributed by atoms with Crippen molar-refractivity contribution in [3.05, 3.63) is 42.2 Å². The molecule has 1 rings (SSSR count). The van der Waals surface area contributed by atoms with Crippen LogP contribution in [-0.2, 0) is 4.79 Å². The second kappa shape index (κ2) is 4.99. The Morgan fingerprint density at radius 3 is 2.53 bits per heavy atom. The molecule has 0 fully saturated rings. The number of halogens is 1. The number of carbonyl (C=O) groups is 1. The van der Waals surface area contributed by atoms with Gasteiger partial charge < -0.3 is 5.11 Å². The van der Waals surface area contributed by atoms with Crippen LogP contribution >= 0.6 is 0 Å². The lowest BCUT2D eigenvalue weighted by Gasteiger charge is -1.97. The normalized spacial score (nSPS) is 10.5. The number of rotatable bonds is 4. The maximum atomic E-state index is 12.5. The van der Waals surface area contributed by atoms with E-state index in [9.17, 15) is 9.18 Å². The summed E-state index contributed by atoms with van der Waals surface area (Å²) in [5, 5.41) is 15.3. The van der Waals surface area contributed by atoms with E-state index < -0.39 is 12.5 Å². The molecule has 5 heteroatoms.